The molecular weight excluding hydrogens is 148 g/mol. The molecule has 0 aromatic rings. The summed E-state index contributed by atoms with van der Waals surface area (Å²) < 4.78 is 0. The number of hydrogen-bond acceptors (Lipinski definition) is 2. The van der Waals surface area contributed by atoms with Gasteiger partial charge < -0.3 is 5.32 Å². The third-order valence-electron chi connectivity index (χ3n) is 2.59. The molecule has 1 aliphatic heterocycles. The van der Waals surface area contributed by atoms with Crippen LogP contribution in [0.2, 0.25) is 0 Å². The maximum absolute atomic E-state index is 3.46. The lowest BCUT2D eigenvalue weighted by Gasteiger charge is -2.39. The Kier molecular flexibility index (Phi) is 3.13. The van der Waals surface area contributed by atoms with Crippen molar-refractivity contribution in [1.82, 2.24) is 10.2 Å². The molecule has 1 heterocycles. The van der Waals surface area contributed by atoms with Gasteiger partial charge in [-0.15, -0.1) is 0 Å². The van der Waals surface area contributed by atoms with Gasteiger partial charge in [0.05, 0.1) is 0 Å². The molecule has 0 aromatic heterocycles. The Bertz CT molecular complexity index is 137. The van der Waals surface area contributed by atoms with Crippen LogP contribution >= 0.6 is 0 Å². The molecule has 1 unspecified atom stereocenters. The fourth-order valence-electron chi connectivity index (χ4n) is 2.01. The van der Waals surface area contributed by atoms with E-state index < -0.39 is 0 Å². The number of nitrogens with zero attached hydrogens (tertiary/aromatic N) is 1. The second kappa shape index (κ2) is 3.75. The molecule has 1 rings (SSSR count). The lowest BCUT2D eigenvalue weighted by atomic mass is 10.0. The Labute approximate surface area is 76.3 Å². The summed E-state index contributed by atoms with van der Waals surface area (Å²) >= 11 is 0. The largest absolute Gasteiger partial charge is 0.315 e. The van der Waals surface area contributed by atoms with Crippen molar-refractivity contribution >= 4 is 0 Å². The molecule has 1 atom stereocenters. The Balaban J connectivity index is 2.59. The SMILES string of the molecule is CC1CNCCCN1C(C)(C)C. The van der Waals surface area contributed by atoms with E-state index in [1.165, 1.54) is 19.5 Å². The van der Waals surface area contributed by atoms with Crippen molar-refractivity contribution in [2.75, 3.05) is 19.6 Å². The van der Waals surface area contributed by atoms with Crippen molar-refractivity contribution in [2.45, 2.75) is 45.7 Å². The van der Waals surface area contributed by atoms with Gasteiger partial charge in [-0.05, 0) is 40.7 Å². The maximum Gasteiger partial charge on any atom is 0.0197 e. The summed E-state index contributed by atoms with van der Waals surface area (Å²) in [6.07, 6.45) is 1.28. The van der Waals surface area contributed by atoms with Crippen LogP contribution in [0.1, 0.15) is 34.1 Å². The maximum atomic E-state index is 3.46. The fraction of sp³-hybridized carbons (Fsp3) is 1.00. The normalized spacial score (nSPS) is 28.5. The van der Waals surface area contributed by atoms with Crippen molar-refractivity contribution in [1.29, 1.82) is 0 Å². The summed E-state index contributed by atoms with van der Waals surface area (Å²) in [5.74, 6) is 0. The number of nitrogens with one attached hydrogen (secondary N) is 1. The highest BCUT2D eigenvalue weighted by atomic mass is 15.2. The van der Waals surface area contributed by atoms with Gasteiger partial charge in [0.25, 0.3) is 0 Å². The van der Waals surface area contributed by atoms with Crippen LogP contribution in [0.4, 0.5) is 0 Å². The molecule has 1 saturated heterocycles. The summed E-state index contributed by atoms with van der Waals surface area (Å²) in [5.41, 5.74) is 0.325. The van der Waals surface area contributed by atoms with Crippen LogP contribution < -0.4 is 5.32 Å². The minimum absolute atomic E-state index is 0.325. The first kappa shape index (κ1) is 10.0. The predicted octanol–water partition coefficient (Wildman–Crippen LogP) is 1.47. The van der Waals surface area contributed by atoms with Crippen molar-refractivity contribution < 1.29 is 0 Å². The first-order chi connectivity index (χ1) is 5.52. The topological polar surface area (TPSA) is 15.3 Å². The second-order valence-corrected chi connectivity index (χ2v) is 4.77. The van der Waals surface area contributed by atoms with Gasteiger partial charge in [0.15, 0.2) is 0 Å². The van der Waals surface area contributed by atoms with Crippen LogP contribution in [0, 0.1) is 0 Å². The molecule has 2 nitrogen and oxygen atoms in total. The van der Waals surface area contributed by atoms with E-state index in [1.807, 2.05) is 0 Å². The van der Waals surface area contributed by atoms with E-state index in [0.29, 0.717) is 11.6 Å². The molecule has 1 fully saturated rings. The average Bonchev–Trinajstić information content (AvgIpc) is 2.11. The molecule has 12 heavy (non-hydrogen) atoms. The van der Waals surface area contributed by atoms with Crippen LogP contribution in [0.15, 0.2) is 0 Å². The predicted molar refractivity (Wildman–Crippen MR) is 53.4 cm³/mol. The first-order valence-electron chi connectivity index (χ1n) is 4.99. The van der Waals surface area contributed by atoms with Gasteiger partial charge in [0, 0.05) is 24.7 Å². The highest BCUT2D eigenvalue weighted by Gasteiger charge is 2.26. The van der Waals surface area contributed by atoms with Gasteiger partial charge in [-0.25, -0.2) is 0 Å². The lowest BCUT2D eigenvalue weighted by molar-refractivity contribution is 0.1000. The molecule has 2 heteroatoms. The molecular formula is C10H22N2. The third-order valence-corrected chi connectivity index (χ3v) is 2.59. The standard InChI is InChI=1S/C10H22N2/c1-9-8-11-6-5-7-12(9)10(2,3)4/h9,11H,5-8H2,1-4H3. The van der Waals surface area contributed by atoms with Gasteiger partial charge in [-0.2, -0.15) is 0 Å². The summed E-state index contributed by atoms with van der Waals surface area (Å²) in [6.45, 7) is 12.8. The highest BCUT2D eigenvalue weighted by Crippen LogP contribution is 2.18. The number of hydrogen-bond donors (Lipinski definition) is 1. The molecule has 0 spiro atoms. The van der Waals surface area contributed by atoms with Gasteiger partial charge in [-0.1, -0.05) is 0 Å². The van der Waals surface area contributed by atoms with Crippen molar-refractivity contribution in [3.63, 3.8) is 0 Å². The third kappa shape index (κ3) is 2.46. The van der Waals surface area contributed by atoms with E-state index in [2.05, 4.69) is 37.9 Å². The van der Waals surface area contributed by atoms with Crippen LogP contribution in [0.3, 0.4) is 0 Å². The summed E-state index contributed by atoms with van der Waals surface area (Å²) in [5, 5.41) is 3.46. The fourth-order valence-corrected chi connectivity index (χ4v) is 2.01. The molecule has 0 bridgehead atoms. The van der Waals surface area contributed by atoms with E-state index in [1.54, 1.807) is 0 Å². The van der Waals surface area contributed by atoms with E-state index in [-0.39, 0.29) is 0 Å². The summed E-state index contributed by atoms with van der Waals surface area (Å²) in [6, 6.07) is 0.674. The van der Waals surface area contributed by atoms with Crippen LogP contribution in [0.25, 0.3) is 0 Å². The number of rotatable bonds is 0. The Morgan fingerprint density at radius 3 is 2.58 bits per heavy atom. The summed E-state index contributed by atoms with van der Waals surface area (Å²) in [7, 11) is 0. The Morgan fingerprint density at radius 1 is 1.33 bits per heavy atom. The summed E-state index contributed by atoms with van der Waals surface area (Å²) in [4.78, 5) is 2.59. The lowest BCUT2D eigenvalue weighted by Crippen LogP contribution is -2.48. The molecule has 0 aromatic carbocycles. The zero-order valence-electron chi connectivity index (χ0n) is 8.85. The van der Waals surface area contributed by atoms with Crippen molar-refractivity contribution in [3.05, 3.63) is 0 Å². The molecule has 0 radical (unpaired) electrons. The monoisotopic (exact) mass is 170 g/mol. The molecule has 0 amide bonds. The van der Waals surface area contributed by atoms with Crippen molar-refractivity contribution in [2.24, 2.45) is 0 Å². The zero-order chi connectivity index (χ0) is 9.19. The molecule has 0 saturated carbocycles. The Hall–Kier alpha value is -0.0800. The van der Waals surface area contributed by atoms with Gasteiger partial charge in [0.2, 0.25) is 0 Å². The molecule has 1 aliphatic rings. The van der Waals surface area contributed by atoms with E-state index in [9.17, 15) is 0 Å². The first-order valence-corrected chi connectivity index (χ1v) is 4.99. The zero-order valence-corrected chi connectivity index (χ0v) is 8.85. The van der Waals surface area contributed by atoms with Crippen LogP contribution in [-0.4, -0.2) is 36.1 Å². The smallest absolute Gasteiger partial charge is 0.0197 e. The van der Waals surface area contributed by atoms with Gasteiger partial charge >= 0.3 is 0 Å². The van der Waals surface area contributed by atoms with Gasteiger partial charge in [-0.3, -0.25) is 4.90 Å². The minimum Gasteiger partial charge on any atom is -0.315 e. The molecule has 1 N–H and O–H groups in total. The molecule has 0 aliphatic carbocycles. The van der Waals surface area contributed by atoms with E-state index >= 15 is 0 Å². The minimum atomic E-state index is 0.325. The van der Waals surface area contributed by atoms with Gasteiger partial charge in [0.1, 0.15) is 0 Å². The highest BCUT2D eigenvalue weighted by molar-refractivity contribution is 4.84. The Morgan fingerprint density at radius 2 is 2.00 bits per heavy atom. The van der Waals surface area contributed by atoms with E-state index in [4.69, 9.17) is 0 Å². The van der Waals surface area contributed by atoms with Crippen LogP contribution in [0.5, 0.6) is 0 Å². The average molecular weight is 170 g/mol. The van der Waals surface area contributed by atoms with Crippen LogP contribution in [-0.2, 0) is 0 Å². The second-order valence-electron chi connectivity index (χ2n) is 4.77. The van der Waals surface area contributed by atoms with Crippen molar-refractivity contribution in [3.8, 4) is 0 Å². The van der Waals surface area contributed by atoms with E-state index in [0.717, 1.165) is 6.54 Å². The molecule has 72 valence electrons. The quantitative estimate of drug-likeness (QED) is 0.592.